The first-order valence-electron chi connectivity index (χ1n) is 6.11. The molecule has 2 rings (SSSR count). The van der Waals surface area contributed by atoms with Gasteiger partial charge in [0.05, 0.1) is 6.10 Å². The van der Waals surface area contributed by atoms with E-state index in [1.165, 1.54) is 4.90 Å². The molecular formula is C12H14F4N2O. The van der Waals surface area contributed by atoms with Crippen molar-refractivity contribution in [3.63, 3.8) is 0 Å². The summed E-state index contributed by atoms with van der Waals surface area (Å²) in [7, 11) is 0. The lowest BCUT2D eigenvalue weighted by molar-refractivity contribution is 0.0457. The number of hydrogen-bond donors (Lipinski definition) is 0. The zero-order valence-corrected chi connectivity index (χ0v) is 10.4. The molecule has 0 spiro atoms. The van der Waals surface area contributed by atoms with E-state index in [1.54, 1.807) is 0 Å². The zero-order chi connectivity index (χ0) is 14.0. The average Bonchev–Trinajstić information content (AvgIpc) is 2.39. The number of hydrogen-bond acceptors (Lipinski definition) is 3. The number of aromatic nitrogens is 1. The van der Waals surface area contributed by atoms with Crippen molar-refractivity contribution >= 4 is 5.69 Å². The third-order valence-electron chi connectivity index (χ3n) is 3.13. The molecule has 3 nitrogen and oxygen atoms in total. The highest BCUT2D eigenvalue weighted by molar-refractivity contribution is 5.48. The number of halogens is 4. The monoisotopic (exact) mass is 278 g/mol. The molecule has 7 heteroatoms. The van der Waals surface area contributed by atoms with Gasteiger partial charge in [-0.1, -0.05) is 0 Å². The second kappa shape index (κ2) is 5.73. The number of anilines is 1. The van der Waals surface area contributed by atoms with Gasteiger partial charge < -0.3 is 9.64 Å². The summed E-state index contributed by atoms with van der Waals surface area (Å²) in [5, 5.41) is 0. The highest BCUT2D eigenvalue weighted by Gasteiger charge is 2.28. The van der Waals surface area contributed by atoms with Crippen LogP contribution in [0.1, 0.15) is 19.8 Å². The maximum absolute atomic E-state index is 13.6. The summed E-state index contributed by atoms with van der Waals surface area (Å²) in [6.45, 7) is 2.98. The van der Waals surface area contributed by atoms with Crippen molar-refractivity contribution in [2.45, 2.75) is 25.9 Å². The number of rotatable bonds is 3. The normalized spacial score (nSPS) is 17.0. The van der Waals surface area contributed by atoms with Gasteiger partial charge in [-0.3, -0.25) is 0 Å². The number of nitrogens with zero attached hydrogens (tertiary/aromatic N) is 2. The lowest BCUT2D eigenvalue weighted by Gasteiger charge is -2.33. The van der Waals surface area contributed by atoms with Gasteiger partial charge in [-0.2, -0.15) is 22.5 Å². The molecule has 1 aliphatic heterocycles. The quantitative estimate of drug-likeness (QED) is 0.628. The van der Waals surface area contributed by atoms with E-state index < -0.39 is 29.2 Å². The Labute approximate surface area is 108 Å². The molecule has 0 saturated carbocycles. The highest BCUT2D eigenvalue weighted by Crippen LogP contribution is 2.29. The summed E-state index contributed by atoms with van der Waals surface area (Å²) in [5.41, 5.74) is -0.681. The summed E-state index contributed by atoms with van der Waals surface area (Å²) in [4.78, 5) is 3.82. The maximum atomic E-state index is 13.6. The minimum absolute atomic E-state index is 0.0175. The van der Waals surface area contributed by atoms with E-state index >= 15 is 0 Å². The van der Waals surface area contributed by atoms with E-state index in [0.717, 1.165) is 0 Å². The van der Waals surface area contributed by atoms with Crippen LogP contribution in [-0.2, 0) is 4.74 Å². The van der Waals surface area contributed by atoms with E-state index in [2.05, 4.69) is 4.98 Å². The molecule has 0 radical (unpaired) electrons. The van der Waals surface area contributed by atoms with Gasteiger partial charge in [-0.05, 0) is 19.8 Å². The van der Waals surface area contributed by atoms with Crippen molar-refractivity contribution in [3.8, 4) is 0 Å². The Morgan fingerprint density at radius 1 is 1.11 bits per heavy atom. The van der Waals surface area contributed by atoms with Crippen LogP contribution in [0.2, 0.25) is 0 Å². The zero-order valence-electron chi connectivity index (χ0n) is 10.4. The predicted molar refractivity (Wildman–Crippen MR) is 60.9 cm³/mol. The van der Waals surface area contributed by atoms with Gasteiger partial charge >= 0.3 is 0 Å². The van der Waals surface area contributed by atoms with Crippen molar-refractivity contribution in [1.29, 1.82) is 0 Å². The summed E-state index contributed by atoms with van der Waals surface area (Å²) in [6, 6.07) is 0. The predicted octanol–water partition coefficient (Wildman–Crippen LogP) is 2.64. The summed E-state index contributed by atoms with van der Waals surface area (Å²) >= 11 is 0. The van der Waals surface area contributed by atoms with Crippen LogP contribution in [0.5, 0.6) is 0 Å². The third-order valence-corrected chi connectivity index (χ3v) is 3.13. The first-order chi connectivity index (χ1) is 9.04. The van der Waals surface area contributed by atoms with Crippen molar-refractivity contribution < 1.29 is 22.3 Å². The molecule has 0 atom stereocenters. The lowest BCUT2D eigenvalue weighted by atomic mass is 10.1. The standard InChI is InChI=1S/C12H14F4N2O/c1-2-19-7-3-5-18(6-4-7)10-8(13)11(15)17-12(16)9(10)14/h7H,2-6H2,1H3. The molecule has 19 heavy (non-hydrogen) atoms. The molecule has 0 bridgehead atoms. The van der Waals surface area contributed by atoms with Gasteiger partial charge in [0, 0.05) is 19.7 Å². The van der Waals surface area contributed by atoms with Gasteiger partial charge in [-0.15, -0.1) is 0 Å². The summed E-state index contributed by atoms with van der Waals surface area (Å²) in [6.07, 6.45) is 1.13. The van der Waals surface area contributed by atoms with Crippen LogP contribution in [0.25, 0.3) is 0 Å². The second-order valence-electron chi connectivity index (χ2n) is 4.31. The minimum atomic E-state index is -1.62. The van der Waals surface area contributed by atoms with Crippen LogP contribution < -0.4 is 4.90 Å². The molecule has 2 heterocycles. The van der Waals surface area contributed by atoms with Crippen LogP contribution in [0.15, 0.2) is 0 Å². The Hall–Kier alpha value is -1.37. The van der Waals surface area contributed by atoms with Gasteiger partial charge in [0.2, 0.25) is 11.6 Å². The molecule has 1 aromatic heterocycles. The van der Waals surface area contributed by atoms with Gasteiger partial charge in [-0.25, -0.2) is 0 Å². The van der Waals surface area contributed by atoms with Gasteiger partial charge in [0.15, 0.2) is 0 Å². The first kappa shape index (κ1) is 14.0. The molecule has 1 aliphatic rings. The number of ether oxygens (including phenoxy) is 1. The van der Waals surface area contributed by atoms with E-state index in [9.17, 15) is 17.6 Å². The average molecular weight is 278 g/mol. The highest BCUT2D eigenvalue weighted by atomic mass is 19.2. The van der Waals surface area contributed by atoms with Crippen molar-refractivity contribution in [2.75, 3.05) is 24.6 Å². The molecule has 1 aromatic rings. The molecular weight excluding hydrogens is 264 g/mol. The molecule has 0 unspecified atom stereocenters. The fourth-order valence-corrected chi connectivity index (χ4v) is 2.24. The fourth-order valence-electron chi connectivity index (χ4n) is 2.24. The topological polar surface area (TPSA) is 25.4 Å². The Morgan fingerprint density at radius 2 is 1.63 bits per heavy atom. The Balaban J connectivity index is 2.20. The van der Waals surface area contributed by atoms with Crippen LogP contribution in [-0.4, -0.2) is 30.8 Å². The van der Waals surface area contributed by atoms with Crippen molar-refractivity contribution in [3.05, 3.63) is 23.5 Å². The van der Waals surface area contributed by atoms with E-state index in [-0.39, 0.29) is 19.2 Å². The van der Waals surface area contributed by atoms with Crippen LogP contribution in [0.3, 0.4) is 0 Å². The molecule has 0 N–H and O–H groups in total. The minimum Gasteiger partial charge on any atom is -0.378 e. The Bertz CT molecular complexity index is 435. The smallest absolute Gasteiger partial charge is 0.253 e. The van der Waals surface area contributed by atoms with Crippen LogP contribution in [0, 0.1) is 23.5 Å². The summed E-state index contributed by atoms with van der Waals surface area (Å²) in [5.74, 6) is -6.15. The molecule has 1 saturated heterocycles. The molecule has 106 valence electrons. The number of piperidine rings is 1. The maximum Gasteiger partial charge on any atom is 0.253 e. The van der Waals surface area contributed by atoms with Crippen LogP contribution >= 0.6 is 0 Å². The largest absolute Gasteiger partial charge is 0.378 e. The van der Waals surface area contributed by atoms with Crippen LogP contribution in [0.4, 0.5) is 23.2 Å². The van der Waals surface area contributed by atoms with Crippen molar-refractivity contribution in [1.82, 2.24) is 4.98 Å². The summed E-state index contributed by atoms with van der Waals surface area (Å²) < 4.78 is 58.6. The van der Waals surface area contributed by atoms with Gasteiger partial charge in [0.1, 0.15) is 5.69 Å². The first-order valence-corrected chi connectivity index (χ1v) is 6.11. The fraction of sp³-hybridized carbons (Fsp3) is 0.583. The van der Waals surface area contributed by atoms with E-state index in [4.69, 9.17) is 4.74 Å². The lowest BCUT2D eigenvalue weighted by Crippen LogP contribution is -2.38. The number of pyridine rings is 1. The molecule has 1 fully saturated rings. The Morgan fingerprint density at radius 3 is 2.11 bits per heavy atom. The Kier molecular flexibility index (Phi) is 4.24. The van der Waals surface area contributed by atoms with E-state index in [0.29, 0.717) is 19.4 Å². The SMILES string of the molecule is CCOC1CCN(c2c(F)c(F)nc(F)c2F)CC1. The molecule has 0 aromatic carbocycles. The molecule has 0 amide bonds. The third kappa shape index (κ3) is 2.80. The van der Waals surface area contributed by atoms with Gasteiger partial charge in [0.25, 0.3) is 11.9 Å². The van der Waals surface area contributed by atoms with E-state index in [1.807, 2.05) is 6.92 Å². The van der Waals surface area contributed by atoms with Crippen molar-refractivity contribution in [2.24, 2.45) is 0 Å². The molecule has 0 aliphatic carbocycles. The second-order valence-corrected chi connectivity index (χ2v) is 4.31.